The SMILES string of the molecule is COc1ccc(C2CCC(CC[C@@](N)(O)c3cccc(Cl)c3)C2)cc1. The van der Waals surface area contributed by atoms with E-state index in [2.05, 4.69) is 12.1 Å². The number of nitrogens with two attached hydrogens (primary N) is 1. The van der Waals surface area contributed by atoms with Crippen LogP contribution >= 0.6 is 11.6 Å². The number of hydrogen-bond acceptors (Lipinski definition) is 3. The van der Waals surface area contributed by atoms with Crippen molar-refractivity contribution >= 4 is 11.6 Å². The van der Waals surface area contributed by atoms with E-state index < -0.39 is 5.72 Å². The predicted octanol–water partition coefficient (Wildman–Crippen LogP) is 4.82. The fourth-order valence-corrected chi connectivity index (χ4v) is 4.03. The molecule has 0 aromatic heterocycles. The van der Waals surface area contributed by atoms with E-state index in [1.54, 1.807) is 19.2 Å². The molecule has 2 aromatic carbocycles. The highest BCUT2D eigenvalue weighted by atomic mass is 35.5. The second-order valence-corrected chi connectivity index (χ2v) is 7.56. The van der Waals surface area contributed by atoms with Crippen LogP contribution in [-0.2, 0) is 5.72 Å². The van der Waals surface area contributed by atoms with Gasteiger partial charge < -0.3 is 9.84 Å². The molecule has 1 aliphatic rings. The van der Waals surface area contributed by atoms with Crippen LogP contribution < -0.4 is 10.5 Å². The summed E-state index contributed by atoms with van der Waals surface area (Å²) in [4.78, 5) is 0. The van der Waals surface area contributed by atoms with E-state index >= 15 is 0 Å². The number of ether oxygens (including phenoxy) is 1. The van der Waals surface area contributed by atoms with Crippen LogP contribution in [0.5, 0.6) is 5.75 Å². The maximum atomic E-state index is 10.6. The van der Waals surface area contributed by atoms with Crippen molar-refractivity contribution < 1.29 is 9.84 Å². The second-order valence-electron chi connectivity index (χ2n) is 7.12. The molecular weight excluding hydrogens is 334 g/mol. The summed E-state index contributed by atoms with van der Waals surface area (Å²) < 4.78 is 5.23. The highest BCUT2D eigenvalue weighted by Crippen LogP contribution is 2.41. The Kier molecular flexibility index (Phi) is 5.67. The zero-order valence-electron chi connectivity index (χ0n) is 14.6. The average Bonchev–Trinajstić information content (AvgIpc) is 3.09. The fourth-order valence-electron chi connectivity index (χ4n) is 3.84. The zero-order valence-corrected chi connectivity index (χ0v) is 15.4. The van der Waals surface area contributed by atoms with Crippen molar-refractivity contribution in [3.05, 3.63) is 64.7 Å². The molecule has 2 aromatic rings. The molecule has 3 atom stereocenters. The van der Waals surface area contributed by atoms with Gasteiger partial charge in [0.25, 0.3) is 0 Å². The number of methoxy groups -OCH3 is 1. The van der Waals surface area contributed by atoms with Crippen molar-refractivity contribution in [1.29, 1.82) is 0 Å². The standard InChI is InChI=1S/C21H26ClNO2/c1-25-20-9-7-16(8-10-20)17-6-5-15(13-17)11-12-21(23,24)18-3-2-4-19(22)14-18/h2-4,7-10,14-15,17,24H,5-6,11-13,23H2,1H3/t15?,17?,21-/m1/s1. The Morgan fingerprint density at radius 3 is 2.64 bits per heavy atom. The van der Waals surface area contributed by atoms with Gasteiger partial charge in [-0.2, -0.15) is 0 Å². The number of benzene rings is 2. The van der Waals surface area contributed by atoms with Crippen LogP contribution in [0.15, 0.2) is 48.5 Å². The zero-order chi connectivity index (χ0) is 17.9. The van der Waals surface area contributed by atoms with E-state index in [4.69, 9.17) is 22.1 Å². The molecule has 4 heteroatoms. The average molecular weight is 360 g/mol. The van der Waals surface area contributed by atoms with Crippen LogP contribution in [0.4, 0.5) is 0 Å². The Hall–Kier alpha value is -1.55. The summed E-state index contributed by atoms with van der Waals surface area (Å²) in [5.74, 6) is 2.09. The van der Waals surface area contributed by atoms with E-state index in [0.717, 1.165) is 18.6 Å². The van der Waals surface area contributed by atoms with Gasteiger partial charge in [0.15, 0.2) is 0 Å². The maximum absolute atomic E-state index is 10.6. The minimum atomic E-state index is -1.32. The Morgan fingerprint density at radius 2 is 1.96 bits per heavy atom. The molecule has 3 nitrogen and oxygen atoms in total. The highest BCUT2D eigenvalue weighted by molar-refractivity contribution is 6.30. The molecule has 1 saturated carbocycles. The smallest absolute Gasteiger partial charge is 0.139 e. The Labute approximate surface area is 154 Å². The lowest BCUT2D eigenvalue weighted by atomic mass is 9.91. The second kappa shape index (κ2) is 7.77. The Morgan fingerprint density at radius 1 is 1.20 bits per heavy atom. The third-order valence-electron chi connectivity index (χ3n) is 5.39. The normalized spacial score (nSPS) is 22.6. The van der Waals surface area contributed by atoms with Gasteiger partial charge in [0.2, 0.25) is 0 Å². The molecule has 0 amide bonds. The summed E-state index contributed by atoms with van der Waals surface area (Å²) in [6.45, 7) is 0. The molecule has 25 heavy (non-hydrogen) atoms. The summed E-state index contributed by atoms with van der Waals surface area (Å²) in [5.41, 5.74) is 6.89. The van der Waals surface area contributed by atoms with E-state index in [1.165, 1.54) is 18.4 Å². The summed E-state index contributed by atoms with van der Waals surface area (Å²) in [5, 5.41) is 11.2. The summed E-state index contributed by atoms with van der Waals surface area (Å²) in [7, 11) is 1.69. The third-order valence-corrected chi connectivity index (χ3v) is 5.62. The molecule has 1 aliphatic carbocycles. The monoisotopic (exact) mass is 359 g/mol. The first-order valence-corrected chi connectivity index (χ1v) is 9.27. The maximum Gasteiger partial charge on any atom is 0.139 e. The van der Waals surface area contributed by atoms with Gasteiger partial charge in [-0.3, -0.25) is 5.73 Å². The van der Waals surface area contributed by atoms with Crippen LogP contribution in [0, 0.1) is 5.92 Å². The third kappa shape index (κ3) is 4.55. The lowest BCUT2D eigenvalue weighted by Crippen LogP contribution is -2.36. The molecule has 0 aliphatic heterocycles. The first kappa shape index (κ1) is 18.2. The minimum absolute atomic E-state index is 0.549. The summed E-state index contributed by atoms with van der Waals surface area (Å²) >= 11 is 6.01. The van der Waals surface area contributed by atoms with E-state index in [9.17, 15) is 5.11 Å². The molecule has 0 saturated heterocycles. The van der Waals surface area contributed by atoms with Crippen molar-refractivity contribution in [1.82, 2.24) is 0 Å². The molecular formula is C21H26ClNO2. The Balaban J connectivity index is 1.56. The van der Waals surface area contributed by atoms with Gasteiger partial charge in [-0.25, -0.2) is 0 Å². The lowest BCUT2D eigenvalue weighted by Gasteiger charge is -2.25. The van der Waals surface area contributed by atoms with E-state index in [-0.39, 0.29) is 0 Å². The van der Waals surface area contributed by atoms with Crippen LogP contribution in [-0.4, -0.2) is 12.2 Å². The van der Waals surface area contributed by atoms with E-state index in [0.29, 0.717) is 28.8 Å². The van der Waals surface area contributed by atoms with Crippen molar-refractivity contribution in [3.8, 4) is 5.75 Å². The molecule has 2 unspecified atom stereocenters. The number of rotatable bonds is 6. The largest absolute Gasteiger partial charge is 0.497 e. The van der Waals surface area contributed by atoms with Gasteiger partial charge in [0, 0.05) is 5.02 Å². The van der Waals surface area contributed by atoms with Gasteiger partial charge in [-0.05, 0) is 79.3 Å². The molecule has 0 bridgehead atoms. The number of halogens is 1. The molecule has 3 N–H and O–H groups in total. The first-order chi connectivity index (χ1) is 12.0. The highest BCUT2D eigenvalue weighted by Gasteiger charge is 2.30. The summed E-state index contributed by atoms with van der Waals surface area (Å²) in [6, 6.07) is 15.6. The molecule has 0 spiro atoms. The lowest BCUT2D eigenvalue weighted by molar-refractivity contribution is 0.0277. The van der Waals surface area contributed by atoms with Crippen molar-refractivity contribution in [2.24, 2.45) is 11.7 Å². The van der Waals surface area contributed by atoms with Crippen LogP contribution in [0.25, 0.3) is 0 Å². The van der Waals surface area contributed by atoms with Crippen molar-refractivity contribution in [3.63, 3.8) is 0 Å². The number of aliphatic hydroxyl groups is 1. The number of hydrogen-bond donors (Lipinski definition) is 2. The van der Waals surface area contributed by atoms with Gasteiger partial charge >= 0.3 is 0 Å². The van der Waals surface area contributed by atoms with Gasteiger partial charge in [-0.15, -0.1) is 0 Å². The summed E-state index contributed by atoms with van der Waals surface area (Å²) in [6.07, 6.45) is 5.00. The molecule has 0 heterocycles. The van der Waals surface area contributed by atoms with Crippen LogP contribution in [0.2, 0.25) is 5.02 Å². The van der Waals surface area contributed by atoms with Gasteiger partial charge in [-0.1, -0.05) is 35.9 Å². The van der Waals surface area contributed by atoms with Gasteiger partial charge in [0.05, 0.1) is 7.11 Å². The molecule has 1 fully saturated rings. The quantitative estimate of drug-likeness (QED) is 0.727. The van der Waals surface area contributed by atoms with Crippen LogP contribution in [0.3, 0.4) is 0 Å². The van der Waals surface area contributed by atoms with Crippen LogP contribution in [0.1, 0.15) is 49.1 Å². The predicted molar refractivity (Wildman–Crippen MR) is 102 cm³/mol. The molecule has 3 rings (SSSR count). The van der Waals surface area contributed by atoms with Gasteiger partial charge in [0.1, 0.15) is 11.5 Å². The minimum Gasteiger partial charge on any atom is -0.497 e. The molecule has 134 valence electrons. The fraction of sp³-hybridized carbons (Fsp3) is 0.429. The topological polar surface area (TPSA) is 55.5 Å². The first-order valence-electron chi connectivity index (χ1n) is 8.89. The Bertz CT molecular complexity index is 699. The van der Waals surface area contributed by atoms with E-state index in [1.807, 2.05) is 24.3 Å². The van der Waals surface area contributed by atoms with Crippen molar-refractivity contribution in [2.45, 2.75) is 43.7 Å². The molecule has 0 radical (unpaired) electrons. The van der Waals surface area contributed by atoms with Crippen molar-refractivity contribution in [2.75, 3.05) is 7.11 Å².